The van der Waals surface area contributed by atoms with Gasteiger partial charge in [-0.25, -0.2) is 0 Å². The van der Waals surface area contributed by atoms with Gasteiger partial charge in [-0.1, -0.05) is 17.7 Å². The minimum absolute atomic E-state index is 0. The maximum atomic E-state index is 5.83. The number of nitrogens with zero attached hydrogens (tertiary/aromatic N) is 1. The summed E-state index contributed by atoms with van der Waals surface area (Å²) in [7, 11) is 0. The van der Waals surface area contributed by atoms with Crippen molar-refractivity contribution in [2.24, 2.45) is 0 Å². The van der Waals surface area contributed by atoms with Crippen LogP contribution in [0.3, 0.4) is 0 Å². The molecular weight excluding hydrogens is 273 g/mol. The van der Waals surface area contributed by atoms with Crippen molar-refractivity contribution >= 4 is 50.7 Å². The number of rotatable bonds is 0. The minimum Gasteiger partial charge on any atom is -0.263 e. The number of benzene rings is 1. The summed E-state index contributed by atoms with van der Waals surface area (Å²) >= 11 is 9.24. The molecule has 0 fully saturated rings. The van der Waals surface area contributed by atoms with Crippen LogP contribution in [0.25, 0.3) is 10.8 Å². The molecule has 0 amide bonds. The molecule has 68 valence electrons. The Morgan fingerprint density at radius 2 is 2.00 bits per heavy atom. The Balaban J connectivity index is 0.000000845. The number of fused-ring (bicyclic) bond motifs is 1. The molecule has 0 bridgehead atoms. The van der Waals surface area contributed by atoms with E-state index in [4.69, 9.17) is 11.6 Å². The molecule has 1 heterocycles. The molecule has 0 aliphatic rings. The van der Waals surface area contributed by atoms with Crippen LogP contribution < -0.4 is 0 Å². The van der Waals surface area contributed by atoms with E-state index in [1.165, 1.54) is 0 Å². The standard InChI is InChI=1S/C9H5BrClN.ClH/c10-9-5-12-4-6-3-7(11)1-2-8(6)9;/h1-5H;1H. The first-order valence-corrected chi connectivity index (χ1v) is 4.63. The Bertz CT molecular complexity index is 431. The van der Waals surface area contributed by atoms with Crippen molar-refractivity contribution < 1.29 is 0 Å². The predicted octanol–water partition coefficient (Wildman–Crippen LogP) is 4.07. The van der Waals surface area contributed by atoms with Crippen molar-refractivity contribution in [3.8, 4) is 0 Å². The SMILES string of the molecule is Cl.Clc1ccc2c(Br)cncc2c1. The van der Waals surface area contributed by atoms with Gasteiger partial charge in [0.2, 0.25) is 0 Å². The number of hydrogen-bond acceptors (Lipinski definition) is 1. The predicted molar refractivity (Wildman–Crippen MR) is 61.7 cm³/mol. The third-order valence-corrected chi connectivity index (χ3v) is 2.54. The molecule has 4 heteroatoms. The molecule has 1 aromatic heterocycles. The van der Waals surface area contributed by atoms with Crippen molar-refractivity contribution in [2.75, 3.05) is 0 Å². The average Bonchev–Trinajstić information content (AvgIpc) is 2.04. The van der Waals surface area contributed by atoms with E-state index in [1.54, 1.807) is 12.4 Å². The third-order valence-electron chi connectivity index (χ3n) is 1.67. The number of pyridine rings is 1. The fourth-order valence-corrected chi connectivity index (χ4v) is 1.77. The fraction of sp³-hybridized carbons (Fsp3) is 0. The summed E-state index contributed by atoms with van der Waals surface area (Å²) in [6.45, 7) is 0. The summed E-state index contributed by atoms with van der Waals surface area (Å²) < 4.78 is 0.997. The summed E-state index contributed by atoms with van der Waals surface area (Å²) in [6.07, 6.45) is 3.57. The van der Waals surface area contributed by atoms with Crippen LogP contribution in [0.4, 0.5) is 0 Å². The van der Waals surface area contributed by atoms with Crippen molar-refractivity contribution in [3.63, 3.8) is 0 Å². The zero-order valence-corrected chi connectivity index (χ0v) is 9.66. The van der Waals surface area contributed by atoms with Crippen molar-refractivity contribution in [1.82, 2.24) is 4.98 Å². The summed E-state index contributed by atoms with van der Waals surface area (Å²) in [6, 6.07) is 5.74. The molecular formula is C9H6BrCl2N. The molecule has 0 aliphatic carbocycles. The van der Waals surface area contributed by atoms with Crippen molar-refractivity contribution in [1.29, 1.82) is 0 Å². The van der Waals surface area contributed by atoms with Gasteiger partial charge in [-0.05, 0) is 33.4 Å². The lowest BCUT2D eigenvalue weighted by atomic mass is 10.2. The number of halogens is 3. The van der Waals surface area contributed by atoms with Gasteiger partial charge in [0.05, 0.1) is 0 Å². The second kappa shape index (κ2) is 4.27. The Labute approximate surface area is 95.7 Å². The first kappa shape index (κ1) is 10.8. The van der Waals surface area contributed by atoms with Crippen LogP contribution in [0.15, 0.2) is 35.1 Å². The van der Waals surface area contributed by atoms with E-state index in [-0.39, 0.29) is 12.4 Å². The first-order chi connectivity index (χ1) is 5.77. The van der Waals surface area contributed by atoms with Gasteiger partial charge in [-0.2, -0.15) is 0 Å². The van der Waals surface area contributed by atoms with Gasteiger partial charge in [0.25, 0.3) is 0 Å². The molecule has 13 heavy (non-hydrogen) atoms. The second-order valence-electron chi connectivity index (χ2n) is 2.49. The zero-order valence-electron chi connectivity index (χ0n) is 6.50. The minimum atomic E-state index is 0. The number of hydrogen-bond donors (Lipinski definition) is 0. The third kappa shape index (κ3) is 2.13. The lowest BCUT2D eigenvalue weighted by molar-refractivity contribution is 1.35. The first-order valence-electron chi connectivity index (χ1n) is 3.46. The Hall–Kier alpha value is -0.310. The zero-order chi connectivity index (χ0) is 8.55. The normalized spacial score (nSPS) is 9.69. The highest BCUT2D eigenvalue weighted by atomic mass is 79.9. The van der Waals surface area contributed by atoms with Crippen LogP contribution in [-0.4, -0.2) is 4.98 Å². The van der Waals surface area contributed by atoms with Gasteiger partial charge in [-0.15, -0.1) is 12.4 Å². The van der Waals surface area contributed by atoms with E-state index in [1.807, 2.05) is 18.2 Å². The van der Waals surface area contributed by atoms with E-state index >= 15 is 0 Å². The molecule has 0 saturated carbocycles. The number of aromatic nitrogens is 1. The molecule has 0 atom stereocenters. The van der Waals surface area contributed by atoms with E-state index in [2.05, 4.69) is 20.9 Å². The van der Waals surface area contributed by atoms with E-state index < -0.39 is 0 Å². The smallest absolute Gasteiger partial charge is 0.0437 e. The Morgan fingerprint density at radius 1 is 1.23 bits per heavy atom. The molecule has 1 aromatic carbocycles. The van der Waals surface area contributed by atoms with Gasteiger partial charge in [0.1, 0.15) is 0 Å². The lowest BCUT2D eigenvalue weighted by Crippen LogP contribution is -1.77. The van der Waals surface area contributed by atoms with Gasteiger partial charge in [0.15, 0.2) is 0 Å². The van der Waals surface area contributed by atoms with Gasteiger partial charge in [0, 0.05) is 27.3 Å². The summed E-state index contributed by atoms with van der Waals surface area (Å²) in [5.74, 6) is 0. The largest absolute Gasteiger partial charge is 0.263 e. The average molecular weight is 279 g/mol. The van der Waals surface area contributed by atoms with Crippen LogP contribution in [0.2, 0.25) is 5.02 Å². The van der Waals surface area contributed by atoms with Crippen LogP contribution in [0.5, 0.6) is 0 Å². The molecule has 1 nitrogen and oxygen atoms in total. The van der Waals surface area contributed by atoms with E-state index in [0.717, 1.165) is 20.3 Å². The van der Waals surface area contributed by atoms with Gasteiger partial charge >= 0.3 is 0 Å². The Kier molecular flexibility index (Phi) is 3.54. The van der Waals surface area contributed by atoms with Gasteiger partial charge < -0.3 is 0 Å². The molecule has 2 rings (SSSR count). The maximum Gasteiger partial charge on any atom is 0.0437 e. The van der Waals surface area contributed by atoms with Crippen LogP contribution >= 0.6 is 39.9 Å². The van der Waals surface area contributed by atoms with Crippen LogP contribution in [-0.2, 0) is 0 Å². The highest BCUT2D eigenvalue weighted by molar-refractivity contribution is 9.10. The van der Waals surface area contributed by atoms with Crippen LogP contribution in [0.1, 0.15) is 0 Å². The summed E-state index contributed by atoms with van der Waals surface area (Å²) in [5.41, 5.74) is 0. The molecule has 0 unspecified atom stereocenters. The van der Waals surface area contributed by atoms with E-state index in [9.17, 15) is 0 Å². The molecule has 0 spiro atoms. The maximum absolute atomic E-state index is 5.83. The molecule has 0 N–H and O–H groups in total. The highest BCUT2D eigenvalue weighted by Gasteiger charge is 1.97. The molecule has 0 saturated heterocycles. The van der Waals surface area contributed by atoms with Crippen molar-refractivity contribution in [3.05, 3.63) is 40.1 Å². The summed E-state index contributed by atoms with van der Waals surface area (Å²) in [4.78, 5) is 4.05. The quantitative estimate of drug-likeness (QED) is 0.708. The van der Waals surface area contributed by atoms with Crippen LogP contribution in [0, 0.1) is 0 Å². The highest BCUT2D eigenvalue weighted by Crippen LogP contribution is 2.24. The Morgan fingerprint density at radius 3 is 2.77 bits per heavy atom. The topological polar surface area (TPSA) is 12.9 Å². The van der Waals surface area contributed by atoms with Gasteiger partial charge in [-0.3, -0.25) is 4.98 Å². The lowest BCUT2D eigenvalue weighted by Gasteiger charge is -1.98. The molecule has 0 aliphatic heterocycles. The monoisotopic (exact) mass is 277 g/mol. The summed E-state index contributed by atoms with van der Waals surface area (Å²) in [5, 5.41) is 2.92. The second-order valence-corrected chi connectivity index (χ2v) is 3.78. The molecule has 0 radical (unpaired) electrons. The molecule has 2 aromatic rings. The van der Waals surface area contributed by atoms with E-state index in [0.29, 0.717) is 0 Å². The van der Waals surface area contributed by atoms with Crippen molar-refractivity contribution in [2.45, 2.75) is 0 Å². The fourth-order valence-electron chi connectivity index (χ4n) is 1.11.